The lowest BCUT2D eigenvalue weighted by Crippen LogP contribution is -2.28. The molecule has 0 aliphatic heterocycles. The highest BCUT2D eigenvalue weighted by Crippen LogP contribution is 2.27. The Bertz CT molecular complexity index is 552. The third-order valence-corrected chi connectivity index (χ3v) is 4.61. The van der Waals surface area contributed by atoms with Gasteiger partial charge in [-0.15, -0.1) is 0 Å². The third-order valence-electron chi connectivity index (χ3n) is 4.61. The van der Waals surface area contributed by atoms with Gasteiger partial charge in [0.05, 0.1) is 17.7 Å². The Morgan fingerprint density at radius 2 is 1.79 bits per heavy atom. The first kappa shape index (κ1) is 18.5. The zero-order chi connectivity index (χ0) is 17.4. The minimum absolute atomic E-state index is 0.0177. The Hall–Kier alpha value is -1.84. The Balaban J connectivity index is 1.93. The third kappa shape index (κ3) is 5.36. The number of unbranched alkanes of at least 4 members (excludes halogenated alkanes) is 2. The number of carbonyl (C=O) groups is 2. The highest BCUT2D eigenvalue weighted by atomic mass is 16.5. The van der Waals surface area contributed by atoms with Crippen molar-refractivity contribution in [1.82, 2.24) is 0 Å². The average Bonchev–Trinajstić information content (AvgIpc) is 2.60. The normalized spacial score (nSPS) is 20.4. The maximum absolute atomic E-state index is 12.4. The lowest BCUT2D eigenvalue weighted by Gasteiger charge is -2.28. The van der Waals surface area contributed by atoms with Crippen LogP contribution in [0.4, 0.5) is 0 Å². The van der Waals surface area contributed by atoms with Gasteiger partial charge in [-0.25, -0.2) is 9.59 Å². The summed E-state index contributed by atoms with van der Waals surface area (Å²) < 4.78 is 10.9. The molecule has 4 nitrogen and oxygen atoms in total. The van der Waals surface area contributed by atoms with Crippen LogP contribution in [0.3, 0.4) is 0 Å². The summed E-state index contributed by atoms with van der Waals surface area (Å²) in [6, 6.07) is 6.62. The first-order chi connectivity index (χ1) is 11.6. The molecule has 0 saturated heterocycles. The van der Waals surface area contributed by atoms with E-state index in [2.05, 4.69) is 13.8 Å². The van der Waals surface area contributed by atoms with E-state index in [1.54, 1.807) is 24.3 Å². The van der Waals surface area contributed by atoms with Gasteiger partial charge in [0.2, 0.25) is 0 Å². The maximum Gasteiger partial charge on any atom is 0.338 e. The lowest BCUT2D eigenvalue weighted by atomic mass is 9.88. The van der Waals surface area contributed by atoms with Crippen LogP contribution >= 0.6 is 0 Å². The zero-order valence-corrected chi connectivity index (χ0v) is 14.8. The summed E-state index contributed by atoms with van der Waals surface area (Å²) >= 11 is 0. The van der Waals surface area contributed by atoms with Crippen LogP contribution in [0.1, 0.15) is 79.5 Å². The van der Waals surface area contributed by atoms with Crippen molar-refractivity contribution in [2.24, 2.45) is 5.92 Å². The first-order valence-electron chi connectivity index (χ1n) is 9.10. The summed E-state index contributed by atoms with van der Waals surface area (Å²) in [6.45, 7) is 4.65. The molecule has 1 saturated carbocycles. The molecular formula is C20H28O4. The van der Waals surface area contributed by atoms with E-state index >= 15 is 0 Å². The Kier molecular flexibility index (Phi) is 7.29. The van der Waals surface area contributed by atoms with E-state index in [0.29, 0.717) is 23.7 Å². The molecule has 1 fully saturated rings. The summed E-state index contributed by atoms with van der Waals surface area (Å²) in [7, 11) is 0. The van der Waals surface area contributed by atoms with Crippen molar-refractivity contribution in [2.75, 3.05) is 6.61 Å². The van der Waals surface area contributed by atoms with Crippen LogP contribution in [0, 0.1) is 5.92 Å². The molecule has 0 amide bonds. The molecule has 4 heteroatoms. The molecule has 2 unspecified atom stereocenters. The van der Waals surface area contributed by atoms with E-state index in [0.717, 1.165) is 38.5 Å². The molecule has 0 bridgehead atoms. The highest BCUT2D eigenvalue weighted by molar-refractivity contribution is 5.95. The van der Waals surface area contributed by atoms with Gasteiger partial charge in [0.25, 0.3) is 0 Å². The fourth-order valence-electron chi connectivity index (χ4n) is 3.04. The van der Waals surface area contributed by atoms with Crippen LogP contribution in [0.5, 0.6) is 0 Å². The van der Waals surface area contributed by atoms with Gasteiger partial charge in [-0.05, 0) is 49.8 Å². The quantitative estimate of drug-likeness (QED) is 0.533. The van der Waals surface area contributed by atoms with E-state index in [-0.39, 0.29) is 18.0 Å². The van der Waals surface area contributed by atoms with Gasteiger partial charge in [0, 0.05) is 0 Å². The SMILES string of the molecule is CCCCCOC(=O)c1cccc(C(=O)OC2CCCCC2C)c1. The van der Waals surface area contributed by atoms with Crippen LogP contribution in [-0.4, -0.2) is 24.6 Å². The topological polar surface area (TPSA) is 52.6 Å². The van der Waals surface area contributed by atoms with Gasteiger partial charge >= 0.3 is 11.9 Å². The fourth-order valence-corrected chi connectivity index (χ4v) is 3.04. The highest BCUT2D eigenvalue weighted by Gasteiger charge is 2.25. The molecule has 0 aromatic heterocycles. The summed E-state index contributed by atoms with van der Waals surface area (Å²) in [4.78, 5) is 24.4. The molecular weight excluding hydrogens is 304 g/mol. The van der Waals surface area contributed by atoms with Crippen molar-refractivity contribution in [3.05, 3.63) is 35.4 Å². The molecule has 24 heavy (non-hydrogen) atoms. The van der Waals surface area contributed by atoms with Gasteiger partial charge in [0.15, 0.2) is 0 Å². The predicted molar refractivity (Wildman–Crippen MR) is 93.1 cm³/mol. The minimum Gasteiger partial charge on any atom is -0.462 e. The largest absolute Gasteiger partial charge is 0.462 e. The van der Waals surface area contributed by atoms with E-state index < -0.39 is 0 Å². The van der Waals surface area contributed by atoms with Crippen LogP contribution in [0.15, 0.2) is 24.3 Å². The molecule has 1 aromatic carbocycles. The van der Waals surface area contributed by atoms with Crippen molar-refractivity contribution in [1.29, 1.82) is 0 Å². The summed E-state index contributed by atoms with van der Waals surface area (Å²) in [5, 5.41) is 0. The molecule has 2 rings (SSSR count). The van der Waals surface area contributed by atoms with Gasteiger partial charge in [-0.1, -0.05) is 39.2 Å². The number of rotatable bonds is 7. The zero-order valence-electron chi connectivity index (χ0n) is 14.8. The minimum atomic E-state index is -0.383. The molecule has 0 spiro atoms. The standard InChI is InChI=1S/C20H28O4/c1-3-4-7-13-23-19(21)16-10-8-11-17(14-16)20(22)24-18-12-6-5-9-15(18)2/h8,10-11,14-15,18H,3-7,9,12-13H2,1-2H3. The fraction of sp³-hybridized carbons (Fsp3) is 0.600. The number of esters is 2. The second-order valence-electron chi connectivity index (χ2n) is 6.63. The van der Waals surface area contributed by atoms with Gasteiger partial charge in [-0.2, -0.15) is 0 Å². The van der Waals surface area contributed by atoms with Crippen LogP contribution in [0.25, 0.3) is 0 Å². The Morgan fingerprint density at radius 3 is 2.50 bits per heavy atom. The number of carbonyl (C=O) groups excluding carboxylic acids is 2. The van der Waals surface area contributed by atoms with Crippen LogP contribution < -0.4 is 0 Å². The van der Waals surface area contributed by atoms with E-state index in [1.807, 2.05) is 0 Å². The lowest BCUT2D eigenvalue weighted by molar-refractivity contribution is 0.00481. The van der Waals surface area contributed by atoms with Crippen molar-refractivity contribution < 1.29 is 19.1 Å². The van der Waals surface area contributed by atoms with E-state index in [9.17, 15) is 9.59 Å². The van der Waals surface area contributed by atoms with Crippen molar-refractivity contribution in [3.8, 4) is 0 Å². The summed E-state index contributed by atoms with van der Waals surface area (Å²) in [5.41, 5.74) is 0.813. The molecule has 0 radical (unpaired) electrons. The number of hydrogen-bond acceptors (Lipinski definition) is 4. The second-order valence-corrected chi connectivity index (χ2v) is 6.63. The smallest absolute Gasteiger partial charge is 0.338 e. The molecule has 0 N–H and O–H groups in total. The average molecular weight is 332 g/mol. The monoisotopic (exact) mass is 332 g/mol. The molecule has 1 aliphatic rings. The van der Waals surface area contributed by atoms with E-state index in [1.165, 1.54) is 6.42 Å². The number of ether oxygens (including phenoxy) is 2. The number of benzene rings is 1. The van der Waals surface area contributed by atoms with Gasteiger partial charge in [-0.3, -0.25) is 0 Å². The molecule has 2 atom stereocenters. The molecule has 1 aromatic rings. The Morgan fingerprint density at radius 1 is 1.08 bits per heavy atom. The Labute approximate surface area is 144 Å². The summed E-state index contributed by atoms with van der Waals surface area (Å²) in [6.07, 6.45) is 7.30. The van der Waals surface area contributed by atoms with Crippen LogP contribution in [-0.2, 0) is 9.47 Å². The molecule has 132 valence electrons. The second kappa shape index (κ2) is 9.45. The molecule has 0 heterocycles. The van der Waals surface area contributed by atoms with Gasteiger partial charge in [0.1, 0.15) is 6.10 Å². The maximum atomic E-state index is 12.4. The molecule has 1 aliphatic carbocycles. The van der Waals surface area contributed by atoms with Crippen LogP contribution in [0.2, 0.25) is 0 Å². The van der Waals surface area contributed by atoms with E-state index in [4.69, 9.17) is 9.47 Å². The van der Waals surface area contributed by atoms with Crippen molar-refractivity contribution in [3.63, 3.8) is 0 Å². The van der Waals surface area contributed by atoms with Crippen molar-refractivity contribution >= 4 is 11.9 Å². The first-order valence-corrected chi connectivity index (χ1v) is 9.10. The predicted octanol–water partition coefficient (Wildman–Crippen LogP) is 4.77. The van der Waals surface area contributed by atoms with Crippen molar-refractivity contribution in [2.45, 2.75) is 64.9 Å². The summed E-state index contributed by atoms with van der Waals surface area (Å²) in [5.74, 6) is -0.337. The van der Waals surface area contributed by atoms with Gasteiger partial charge < -0.3 is 9.47 Å². The number of hydrogen-bond donors (Lipinski definition) is 0.